The highest BCUT2D eigenvalue weighted by Gasteiger charge is 2.24. The lowest BCUT2D eigenvalue weighted by atomic mass is 10.2. The van der Waals surface area contributed by atoms with E-state index in [0.29, 0.717) is 0 Å². The normalized spacial score (nSPS) is 10.1. The lowest BCUT2D eigenvalue weighted by Crippen LogP contribution is -2.07. The minimum atomic E-state index is -2.03. The first kappa shape index (κ1) is 9.30. The van der Waals surface area contributed by atoms with Crippen LogP contribution in [0.1, 0.15) is 10.4 Å². The molecule has 0 bridgehead atoms. The molecule has 0 amide bonds. The molecule has 0 atom stereocenters. The second-order valence-electron chi connectivity index (χ2n) is 2.03. The van der Waals surface area contributed by atoms with Crippen molar-refractivity contribution in [2.45, 2.75) is 0 Å². The fourth-order valence-electron chi connectivity index (χ4n) is 0.686. The Morgan fingerprint density at radius 3 is 2.23 bits per heavy atom. The molecule has 1 aromatic heterocycles. The van der Waals surface area contributed by atoms with E-state index in [1.807, 2.05) is 0 Å². The molecular formula is C6H2F3NO3. The van der Waals surface area contributed by atoms with Crippen molar-refractivity contribution in [2.75, 3.05) is 0 Å². The zero-order valence-corrected chi connectivity index (χ0v) is 5.88. The van der Waals surface area contributed by atoms with Crippen LogP contribution in [0.5, 0.6) is 5.88 Å². The van der Waals surface area contributed by atoms with E-state index in [-0.39, 0.29) is 0 Å². The van der Waals surface area contributed by atoms with Gasteiger partial charge in [-0.1, -0.05) is 0 Å². The molecule has 0 aliphatic heterocycles. The van der Waals surface area contributed by atoms with E-state index in [9.17, 15) is 18.0 Å². The number of rotatable bonds is 1. The van der Waals surface area contributed by atoms with E-state index in [1.165, 1.54) is 0 Å². The largest absolute Gasteiger partial charge is 0.493 e. The topological polar surface area (TPSA) is 70.4 Å². The molecule has 1 heterocycles. The van der Waals surface area contributed by atoms with Gasteiger partial charge in [-0.15, -0.1) is 0 Å². The summed E-state index contributed by atoms with van der Waals surface area (Å²) < 4.78 is 37.1. The van der Waals surface area contributed by atoms with Crippen molar-refractivity contribution in [3.05, 3.63) is 23.1 Å². The fraction of sp³-hybridized carbons (Fsp3) is 0. The molecule has 0 unspecified atom stereocenters. The molecule has 13 heavy (non-hydrogen) atoms. The van der Waals surface area contributed by atoms with Crippen LogP contribution in [0.3, 0.4) is 0 Å². The lowest BCUT2D eigenvalue weighted by Gasteiger charge is -2.00. The SMILES string of the molecule is O=C(O)c1c(O)nc(F)c(F)c1F. The van der Waals surface area contributed by atoms with Gasteiger partial charge >= 0.3 is 5.97 Å². The van der Waals surface area contributed by atoms with Crippen LogP contribution in [0.25, 0.3) is 0 Å². The zero-order valence-electron chi connectivity index (χ0n) is 5.88. The van der Waals surface area contributed by atoms with Crippen LogP contribution in [0, 0.1) is 17.6 Å². The molecule has 0 radical (unpaired) electrons. The molecule has 70 valence electrons. The number of hydrogen-bond donors (Lipinski definition) is 2. The number of halogens is 3. The number of carbonyl (C=O) groups is 1. The van der Waals surface area contributed by atoms with Crippen LogP contribution >= 0.6 is 0 Å². The Balaban J connectivity index is 3.53. The number of hydrogen-bond acceptors (Lipinski definition) is 3. The Hall–Kier alpha value is -1.79. The molecule has 0 aliphatic rings. The summed E-state index contributed by atoms with van der Waals surface area (Å²) in [5.41, 5.74) is -1.39. The molecule has 0 fully saturated rings. The quantitative estimate of drug-likeness (QED) is 0.650. The van der Waals surface area contributed by atoms with Crippen LogP contribution < -0.4 is 0 Å². The number of nitrogens with zero attached hydrogens (tertiary/aromatic N) is 1. The highest BCUT2D eigenvalue weighted by Crippen LogP contribution is 2.21. The Kier molecular flexibility index (Phi) is 2.09. The zero-order chi connectivity index (χ0) is 10.2. The standard InChI is InChI=1S/C6H2F3NO3/c7-2-1(6(12)13)5(11)10-4(9)3(2)8/h(H,10,11)(H,12,13). The highest BCUT2D eigenvalue weighted by atomic mass is 19.2. The van der Waals surface area contributed by atoms with Crippen molar-refractivity contribution in [1.82, 2.24) is 4.98 Å². The summed E-state index contributed by atoms with van der Waals surface area (Å²) in [6.45, 7) is 0. The molecular weight excluding hydrogens is 191 g/mol. The lowest BCUT2D eigenvalue weighted by molar-refractivity contribution is 0.0685. The van der Waals surface area contributed by atoms with Crippen LogP contribution in [0.15, 0.2) is 0 Å². The van der Waals surface area contributed by atoms with Crippen molar-refractivity contribution in [1.29, 1.82) is 0 Å². The summed E-state index contributed by atoms with van der Waals surface area (Å²) in [6.07, 6.45) is 0. The third kappa shape index (κ3) is 1.40. The minimum absolute atomic E-state index is 1.39. The average molecular weight is 193 g/mol. The average Bonchev–Trinajstić information content (AvgIpc) is 1.99. The Labute approximate surface area is 69.3 Å². The third-order valence-corrected chi connectivity index (χ3v) is 1.23. The fourth-order valence-corrected chi connectivity index (χ4v) is 0.686. The molecule has 0 saturated carbocycles. The van der Waals surface area contributed by atoms with Crippen LogP contribution in [0.4, 0.5) is 13.2 Å². The molecule has 1 aromatic rings. The van der Waals surface area contributed by atoms with Gasteiger partial charge in [0.1, 0.15) is 0 Å². The van der Waals surface area contributed by atoms with Gasteiger partial charge in [0.05, 0.1) is 0 Å². The van der Waals surface area contributed by atoms with Gasteiger partial charge in [0.15, 0.2) is 11.4 Å². The number of carboxylic acids is 1. The Bertz CT molecular complexity index is 380. The first-order valence-electron chi connectivity index (χ1n) is 2.92. The van der Waals surface area contributed by atoms with Gasteiger partial charge in [-0.3, -0.25) is 0 Å². The van der Waals surface area contributed by atoms with Gasteiger partial charge in [0, 0.05) is 0 Å². The second kappa shape index (κ2) is 2.92. The summed E-state index contributed by atoms with van der Waals surface area (Å²) in [5, 5.41) is 16.9. The molecule has 4 nitrogen and oxygen atoms in total. The smallest absolute Gasteiger partial charge is 0.344 e. The van der Waals surface area contributed by atoms with E-state index in [4.69, 9.17) is 10.2 Å². The summed E-state index contributed by atoms with van der Waals surface area (Å²) in [6, 6.07) is 0. The van der Waals surface area contributed by atoms with Crippen LogP contribution in [0.2, 0.25) is 0 Å². The van der Waals surface area contributed by atoms with Gasteiger partial charge in [-0.25, -0.2) is 9.18 Å². The summed E-state index contributed by atoms with van der Waals surface area (Å²) in [4.78, 5) is 12.6. The van der Waals surface area contributed by atoms with E-state index in [0.717, 1.165) is 0 Å². The van der Waals surface area contributed by atoms with Crippen molar-refractivity contribution >= 4 is 5.97 Å². The summed E-state index contributed by atoms with van der Waals surface area (Å²) in [7, 11) is 0. The van der Waals surface area contributed by atoms with Crippen molar-refractivity contribution < 1.29 is 28.2 Å². The molecule has 0 saturated heterocycles. The number of pyridine rings is 1. The maximum atomic E-state index is 12.6. The van der Waals surface area contributed by atoms with Crippen LogP contribution in [-0.4, -0.2) is 21.2 Å². The van der Waals surface area contributed by atoms with Gasteiger partial charge in [-0.2, -0.15) is 13.8 Å². The number of carboxylic acid groups (broad SMARTS) is 1. The van der Waals surface area contributed by atoms with Crippen molar-refractivity contribution in [2.24, 2.45) is 0 Å². The highest BCUT2D eigenvalue weighted by molar-refractivity contribution is 5.90. The maximum absolute atomic E-state index is 12.6. The predicted molar refractivity (Wildman–Crippen MR) is 32.7 cm³/mol. The Morgan fingerprint density at radius 1 is 1.23 bits per heavy atom. The first-order valence-corrected chi connectivity index (χ1v) is 2.92. The van der Waals surface area contributed by atoms with E-state index < -0.39 is 35.0 Å². The van der Waals surface area contributed by atoms with Crippen molar-refractivity contribution in [3.8, 4) is 5.88 Å². The molecule has 0 spiro atoms. The second-order valence-corrected chi connectivity index (χ2v) is 2.03. The number of aromatic hydroxyl groups is 1. The predicted octanol–water partition coefficient (Wildman–Crippen LogP) is 0.903. The van der Waals surface area contributed by atoms with E-state index in [1.54, 1.807) is 0 Å². The molecule has 0 aliphatic carbocycles. The van der Waals surface area contributed by atoms with E-state index in [2.05, 4.69) is 4.98 Å². The summed E-state index contributed by atoms with van der Waals surface area (Å²) in [5.74, 6) is -9.22. The monoisotopic (exact) mass is 193 g/mol. The molecule has 2 N–H and O–H groups in total. The third-order valence-electron chi connectivity index (χ3n) is 1.23. The number of aromatic nitrogens is 1. The Morgan fingerprint density at radius 2 is 1.77 bits per heavy atom. The van der Waals surface area contributed by atoms with Crippen molar-refractivity contribution in [3.63, 3.8) is 0 Å². The molecule has 7 heteroatoms. The first-order chi connectivity index (χ1) is 5.95. The van der Waals surface area contributed by atoms with E-state index >= 15 is 0 Å². The molecule has 1 rings (SSSR count). The van der Waals surface area contributed by atoms with Gasteiger partial charge in [0.2, 0.25) is 11.7 Å². The van der Waals surface area contributed by atoms with Gasteiger partial charge in [-0.05, 0) is 0 Å². The minimum Gasteiger partial charge on any atom is -0.493 e. The van der Waals surface area contributed by atoms with Crippen LogP contribution in [-0.2, 0) is 0 Å². The van der Waals surface area contributed by atoms with Gasteiger partial charge < -0.3 is 10.2 Å². The number of aromatic carboxylic acids is 1. The summed E-state index contributed by atoms with van der Waals surface area (Å²) >= 11 is 0. The molecule has 0 aromatic carbocycles. The van der Waals surface area contributed by atoms with Gasteiger partial charge in [0.25, 0.3) is 5.95 Å². The maximum Gasteiger partial charge on any atom is 0.344 e.